The molecule has 0 radical (unpaired) electrons. The van der Waals surface area contributed by atoms with Crippen molar-refractivity contribution in [2.75, 3.05) is 18.0 Å². The second-order valence-corrected chi connectivity index (χ2v) is 4.54. The summed E-state index contributed by atoms with van der Waals surface area (Å²) in [6.45, 7) is 4.02. The van der Waals surface area contributed by atoms with Gasteiger partial charge in [0.1, 0.15) is 0 Å². The van der Waals surface area contributed by atoms with Crippen LogP contribution in [0.3, 0.4) is 0 Å². The molecule has 1 atom stereocenters. The summed E-state index contributed by atoms with van der Waals surface area (Å²) < 4.78 is 0. The van der Waals surface area contributed by atoms with Crippen LogP contribution >= 0.6 is 11.3 Å². The third-order valence-electron chi connectivity index (χ3n) is 2.80. The smallest absolute Gasteiger partial charge is 0.185 e. The van der Waals surface area contributed by atoms with Gasteiger partial charge in [-0.25, -0.2) is 4.98 Å². The van der Waals surface area contributed by atoms with Gasteiger partial charge in [-0.2, -0.15) is 0 Å². The molecule has 0 amide bonds. The van der Waals surface area contributed by atoms with E-state index in [-0.39, 0.29) is 0 Å². The van der Waals surface area contributed by atoms with Crippen LogP contribution in [0, 0.1) is 0 Å². The van der Waals surface area contributed by atoms with Gasteiger partial charge in [-0.05, 0) is 19.3 Å². The van der Waals surface area contributed by atoms with Crippen molar-refractivity contribution in [3.63, 3.8) is 0 Å². The lowest BCUT2D eigenvalue weighted by Crippen LogP contribution is -2.35. The highest BCUT2D eigenvalue weighted by Crippen LogP contribution is 2.28. The molecule has 4 heteroatoms. The molecule has 14 heavy (non-hydrogen) atoms. The molecule has 1 unspecified atom stereocenters. The van der Waals surface area contributed by atoms with Gasteiger partial charge in [0.05, 0.1) is 5.69 Å². The van der Waals surface area contributed by atoms with Crippen molar-refractivity contribution in [1.29, 1.82) is 0 Å². The number of anilines is 1. The second-order valence-electron chi connectivity index (χ2n) is 3.70. The van der Waals surface area contributed by atoms with Crippen molar-refractivity contribution in [2.24, 2.45) is 5.73 Å². The Balaban J connectivity index is 2.13. The summed E-state index contributed by atoms with van der Waals surface area (Å²) in [4.78, 5) is 6.96. The largest absolute Gasteiger partial charge is 0.344 e. The molecule has 1 aromatic rings. The lowest BCUT2D eigenvalue weighted by Gasteiger charge is -2.22. The number of aromatic nitrogens is 1. The maximum absolute atomic E-state index is 5.74. The van der Waals surface area contributed by atoms with Gasteiger partial charge >= 0.3 is 0 Å². The molecule has 1 aromatic heterocycles. The molecule has 2 rings (SSSR count). The van der Waals surface area contributed by atoms with Crippen LogP contribution in [0.15, 0.2) is 5.38 Å². The first-order valence-electron chi connectivity index (χ1n) is 5.26. The summed E-state index contributed by atoms with van der Waals surface area (Å²) in [7, 11) is 0. The highest BCUT2D eigenvalue weighted by molar-refractivity contribution is 7.13. The summed E-state index contributed by atoms with van der Waals surface area (Å²) >= 11 is 1.75. The van der Waals surface area contributed by atoms with Crippen LogP contribution < -0.4 is 10.6 Å². The summed E-state index contributed by atoms with van der Waals surface area (Å²) in [5.74, 6) is 0. The molecule has 0 spiro atoms. The summed E-state index contributed by atoms with van der Waals surface area (Å²) in [6.07, 6.45) is 3.50. The lowest BCUT2D eigenvalue weighted by atomic mass is 10.2. The van der Waals surface area contributed by atoms with Crippen molar-refractivity contribution in [1.82, 2.24) is 4.98 Å². The molecule has 2 N–H and O–H groups in total. The topological polar surface area (TPSA) is 42.1 Å². The van der Waals surface area contributed by atoms with Crippen molar-refractivity contribution < 1.29 is 0 Å². The van der Waals surface area contributed by atoms with Crippen molar-refractivity contribution in [2.45, 2.75) is 32.2 Å². The number of nitrogens with zero attached hydrogens (tertiary/aromatic N) is 2. The Hall–Kier alpha value is -0.610. The monoisotopic (exact) mass is 211 g/mol. The maximum atomic E-state index is 5.74. The third-order valence-corrected chi connectivity index (χ3v) is 3.72. The van der Waals surface area contributed by atoms with Crippen LogP contribution in [0.25, 0.3) is 0 Å². The predicted molar refractivity (Wildman–Crippen MR) is 60.9 cm³/mol. The molecular formula is C10H17N3S. The lowest BCUT2D eigenvalue weighted by molar-refractivity contribution is 0.675. The molecule has 2 heterocycles. The highest BCUT2D eigenvalue weighted by Gasteiger charge is 2.25. The molecular weight excluding hydrogens is 194 g/mol. The fourth-order valence-corrected chi connectivity index (χ4v) is 2.93. The molecule has 0 aliphatic carbocycles. The van der Waals surface area contributed by atoms with Gasteiger partial charge in [0.25, 0.3) is 0 Å². The van der Waals surface area contributed by atoms with Gasteiger partial charge in [-0.15, -0.1) is 11.3 Å². The van der Waals surface area contributed by atoms with Gasteiger partial charge in [0.15, 0.2) is 5.13 Å². The molecule has 3 nitrogen and oxygen atoms in total. The molecule has 0 bridgehead atoms. The van der Waals surface area contributed by atoms with Crippen LogP contribution in [-0.4, -0.2) is 24.1 Å². The number of hydrogen-bond donors (Lipinski definition) is 1. The Morgan fingerprint density at radius 1 is 1.71 bits per heavy atom. The fraction of sp³-hybridized carbons (Fsp3) is 0.700. The first-order valence-corrected chi connectivity index (χ1v) is 6.14. The number of hydrogen-bond acceptors (Lipinski definition) is 4. The summed E-state index contributed by atoms with van der Waals surface area (Å²) in [5, 5.41) is 3.32. The Morgan fingerprint density at radius 3 is 3.21 bits per heavy atom. The summed E-state index contributed by atoms with van der Waals surface area (Å²) in [5.41, 5.74) is 6.94. The van der Waals surface area contributed by atoms with Crippen LogP contribution in [-0.2, 0) is 6.42 Å². The summed E-state index contributed by atoms with van der Waals surface area (Å²) in [6, 6.07) is 0.519. The first kappa shape index (κ1) is 9.93. The third kappa shape index (κ3) is 1.77. The van der Waals surface area contributed by atoms with Crippen LogP contribution in [0.5, 0.6) is 0 Å². The number of nitrogens with two attached hydrogens (primary N) is 1. The van der Waals surface area contributed by atoms with Gasteiger partial charge in [-0.1, -0.05) is 6.92 Å². The average molecular weight is 211 g/mol. The van der Waals surface area contributed by atoms with E-state index in [0.29, 0.717) is 6.04 Å². The highest BCUT2D eigenvalue weighted by atomic mass is 32.1. The van der Waals surface area contributed by atoms with E-state index in [9.17, 15) is 0 Å². The van der Waals surface area contributed by atoms with Gasteiger partial charge in [0, 0.05) is 24.5 Å². The Bertz CT molecular complexity index is 297. The van der Waals surface area contributed by atoms with Crippen molar-refractivity contribution >= 4 is 16.5 Å². The first-order chi connectivity index (χ1) is 6.85. The van der Waals surface area contributed by atoms with E-state index in [0.717, 1.165) is 24.6 Å². The van der Waals surface area contributed by atoms with E-state index < -0.39 is 0 Å². The zero-order valence-corrected chi connectivity index (χ0v) is 9.39. The van der Waals surface area contributed by atoms with E-state index in [2.05, 4.69) is 22.2 Å². The van der Waals surface area contributed by atoms with Crippen LogP contribution in [0.2, 0.25) is 0 Å². The number of rotatable bonds is 3. The van der Waals surface area contributed by atoms with E-state index in [1.54, 1.807) is 11.3 Å². The van der Waals surface area contributed by atoms with Gasteiger partial charge in [-0.3, -0.25) is 0 Å². The van der Waals surface area contributed by atoms with Crippen LogP contribution in [0.1, 0.15) is 25.5 Å². The van der Waals surface area contributed by atoms with Crippen molar-refractivity contribution in [3.05, 3.63) is 11.1 Å². The Kier molecular flexibility index (Phi) is 3.03. The normalized spacial score (nSPS) is 21.9. The molecule has 78 valence electrons. The quantitative estimate of drug-likeness (QED) is 0.826. The van der Waals surface area contributed by atoms with E-state index in [4.69, 9.17) is 5.73 Å². The SMILES string of the molecule is CCc1csc(N2CCCC2CN)n1. The van der Waals surface area contributed by atoms with Gasteiger partial charge < -0.3 is 10.6 Å². The molecule has 0 aromatic carbocycles. The molecule has 1 aliphatic heterocycles. The second kappa shape index (κ2) is 4.28. The zero-order valence-electron chi connectivity index (χ0n) is 8.57. The van der Waals surface area contributed by atoms with Gasteiger partial charge in [0.2, 0.25) is 0 Å². The molecule has 1 fully saturated rings. The van der Waals surface area contributed by atoms with Crippen LogP contribution in [0.4, 0.5) is 5.13 Å². The predicted octanol–water partition coefficient (Wildman–Crippen LogP) is 1.63. The van der Waals surface area contributed by atoms with E-state index in [1.165, 1.54) is 18.5 Å². The number of thiazole rings is 1. The standard InChI is InChI=1S/C10H17N3S/c1-2-8-7-14-10(12-8)13-5-3-4-9(13)6-11/h7,9H,2-6,11H2,1H3. The fourth-order valence-electron chi connectivity index (χ4n) is 1.92. The average Bonchev–Trinajstić information content (AvgIpc) is 2.85. The minimum atomic E-state index is 0.519. The van der Waals surface area contributed by atoms with E-state index in [1.807, 2.05) is 0 Å². The number of aryl methyl sites for hydroxylation is 1. The maximum Gasteiger partial charge on any atom is 0.185 e. The molecule has 0 saturated carbocycles. The molecule has 1 aliphatic rings. The molecule has 1 saturated heterocycles. The minimum absolute atomic E-state index is 0.519. The van der Waals surface area contributed by atoms with E-state index >= 15 is 0 Å². The van der Waals surface area contributed by atoms with Crippen molar-refractivity contribution in [3.8, 4) is 0 Å². The zero-order chi connectivity index (χ0) is 9.97. The Morgan fingerprint density at radius 2 is 2.57 bits per heavy atom. The minimum Gasteiger partial charge on any atom is -0.344 e. The Labute approximate surface area is 88.9 Å².